The van der Waals surface area contributed by atoms with Crippen LogP contribution in [0.4, 0.5) is 0 Å². The van der Waals surface area contributed by atoms with Gasteiger partial charge in [-0.05, 0) is 54.6 Å². The fourth-order valence-corrected chi connectivity index (χ4v) is 4.12. The van der Waals surface area contributed by atoms with E-state index in [1.54, 1.807) is 7.11 Å². The summed E-state index contributed by atoms with van der Waals surface area (Å²) in [5.41, 5.74) is 2.70. The molecule has 1 aliphatic rings. The number of methoxy groups -OCH3 is 1. The Hall–Kier alpha value is -1.36. The molecule has 3 nitrogen and oxygen atoms in total. The van der Waals surface area contributed by atoms with Crippen LogP contribution in [-0.2, 0) is 0 Å². The first-order valence-corrected chi connectivity index (χ1v) is 8.79. The number of hydrogen-bond acceptors (Lipinski definition) is 4. The van der Waals surface area contributed by atoms with Crippen LogP contribution in [0.3, 0.4) is 0 Å². The minimum absolute atomic E-state index is 0.351. The van der Waals surface area contributed by atoms with Crippen LogP contribution in [0.5, 0.6) is 5.75 Å². The topological polar surface area (TPSA) is 24.5 Å². The molecule has 1 unspecified atom stereocenters. The third kappa shape index (κ3) is 3.51. The number of nitrogens with one attached hydrogen (secondary N) is 1. The van der Waals surface area contributed by atoms with E-state index in [4.69, 9.17) is 4.74 Å². The molecular weight excluding hydrogens is 292 g/mol. The molecule has 0 spiro atoms. The molecule has 0 saturated carbocycles. The smallest absolute Gasteiger partial charge is 0.118 e. The Kier molecular flexibility index (Phi) is 5.13. The molecule has 22 heavy (non-hydrogen) atoms. The zero-order valence-electron chi connectivity index (χ0n) is 13.3. The molecule has 1 atom stereocenters. The van der Waals surface area contributed by atoms with Gasteiger partial charge in [-0.2, -0.15) is 0 Å². The van der Waals surface area contributed by atoms with Crippen molar-refractivity contribution in [3.05, 3.63) is 51.7 Å². The summed E-state index contributed by atoms with van der Waals surface area (Å²) in [6.07, 6.45) is 1.21. The minimum Gasteiger partial charge on any atom is -0.497 e. The van der Waals surface area contributed by atoms with Gasteiger partial charge in [0.1, 0.15) is 5.75 Å². The molecule has 2 heterocycles. The summed E-state index contributed by atoms with van der Waals surface area (Å²) >= 11 is 1.87. The maximum absolute atomic E-state index is 5.30. The highest BCUT2D eigenvalue weighted by Crippen LogP contribution is 2.34. The van der Waals surface area contributed by atoms with Crippen molar-refractivity contribution in [2.45, 2.75) is 19.4 Å². The van der Waals surface area contributed by atoms with E-state index >= 15 is 0 Å². The average molecular weight is 316 g/mol. The van der Waals surface area contributed by atoms with Gasteiger partial charge in [0.15, 0.2) is 0 Å². The van der Waals surface area contributed by atoms with Crippen molar-refractivity contribution in [1.82, 2.24) is 10.2 Å². The van der Waals surface area contributed by atoms with E-state index in [0.29, 0.717) is 6.04 Å². The number of ether oxygens (including phenoxy) is 1. The van der Waals surface area contributed by atoms with E-state index in [0.717, 1.165) is 31.9 Å². The van der Waals surface area contributed by atoms with Crippen LogP contribution in [0.25, 0.3) is 0 Å². The van der Waals surface area contributed by atoms with Gasteiger partial charge in [-0.1, -0.05) is 12.1 Å². The molecule has 0 bridgehead atoms. The number of aryl methyl sites for hydroxylation is 1. The lowest BCUT2D eigenvalue weighted by Crippen LogP contribution is -2.32. The van der Waals surface area contributed by atoms with Crippen LogP contribution < -0.4 is 10.1 Å². The predicted molar refractivity (Wildman–Crippen MR) is 93.0 cm³/mol. The Balaban J connectivity index is 1.93. The summed E-state index contributed by atoms with van der Waals surface area (Å²) in [5.74, 6) is 0.919. The Labute approximate surface area is 136 Å². The van der Waals surface area contributed by atoms with Crippen molar-refractivity contribution in [3.8, 4) is 5.75 Å². The lowest BCUT2D eigenvalue weighted by atomic mass is 10.0. The molecule has 0 amide bonds. The van der Waals surface area contributed by atoms with Crippen LogP contribution in [0.1, 0.15) is 28.5 Å². The van der Waals surface area contributed by atoms with Crippen molar-refractivity contribution in [2.75, 3.05) is 33.3 Å². The molecule has 0 aliphatic carbocycles. The van der Waals surface area contributed by atoms with Crippen molar-refractivity contribution in [1.29, 1.82) is 0 Å². The minimum atomic E-state index is 0.351. The van der Waals surface area contributed by atoms with Gasteiger partial charge in [-0.3, -0.25) is 4.90 Å². The van der Waals surface area contributed by atoms with Gasteiger partial charge >= 0.3 is 0 Å². The van der Waals surface area contributed by atoms with E-state index < -0.39 is 0 Å². The SMILES string of the molecule is COc1ccc(C(c2cc(C)cs2)N2CCCNCC2)cc1. The zero-order valence-corrected chi connectivity index (χ0v) is 14.2. The molecule has 1 N–H and O–H groups in total. The molecule has 1 saturated heterocycles. The third-order valence-electron chi connectivity index (χ3n) is 4.19. The summed E-state index contributed by atoms with van der Waals surface area (Å²) in [4.78, 5) is 4.04. The molecule has 1 aliphatic heterocycles. The molecule has 0 radical (unpaired) electrons. The van der Waals surface area contributed by atoms with Gasteiger partial charge in [0.2, 0.25) is 0 Å². The standard InChI is InChI=1S/C18H24N2OS/c1-14-12-17(22-13-14)18(20-10-3-8-19-9-11-20)15-4-6-16(21-2)7-5-15/h4-7,12-13,18-19H,3,8-11H2,1-2H3. The highest BCUT2D eigenvalue weighted by molar-refractivity contribution is 7.10. The van der Waals surface area contributed by atoms with Crippen LogP contribution in [0.15, 0.2) is 35.7 Å². The van der Waals surface area contributed by atoms with Crippen LogP contribution >= 0.6 is 11.3 Å². The normalized spacial score (nSPS) is 17.9. The van der Waals surface area contributed by atoms with Crippen LogP contribution in [0, 0.1) is 6.92 Å². The van der Waals surface area contributed by atoms with Gasteiger partial charge in [0.25, 0.3) is 0 Å². The number of nitrogens with zero attached hydrogens (tertiary/aromatic N) is 1. The van der Waals surface area contributed by atoms with Gasteiger partial charge in [0.05, 0.1) is 13.2 Å². The number of benzene rings is 1. The lowest BCUT2D eigenvalue weighted by Gasteiger charge is -2.30. The second-order valence-corrected chi connectivity index (χ2v) is 6.78. The molecule has 118 valence electrons. The summed E-state index contributed by atoms with van der Waals surface area (Å²) < 4.78 is 5.30. The maximum atomic E-state index is 5.30. The second kappa shape index (κ2) is 7.27. The average Bonchev–Trinajstić information content (AvgIpc) is 2.80. The predicted octanol–water partition coefficient (Wildman–Crippen LogP) is 3.45. The van der Waals surface area contributed by atoms with Gasteiger partial charge in [-0.25, -0.2) is 0 Å². The number of thiophene rings is 1. The van der Waals surface area contributed by atoms with E-state index in [1.807, 2.05) is 11.3 Å². The van der Waals surface area contributed by atoms with E-state index in [-0.39, 0.29) is 0 Å². The first kappa shape index (κ1) is 15.5. The molecular formula is C18H24N2OS. The van der Waals surface area contributed by atoms with Crippen LogP contribution in [-0.4, -0.2) is 38.2 Å². The molecule has 2 aromatic rings. The quantitative estimate of drug-likeness (QED) is 0.935. The van der Waals surface area contributed by atoms with Crippen molar-refractivity contribution in [3.63, 3.8) is 0 Å². The first-order chi connectivity index (χ1) is 10.8. The van der Waals surface area contributed by atoms with E-state index in [2.05, 4.69) is 52.9 Å². The second-order valence-electron chi connectivity index (χ2n) is 5.84. The van der Waals surface area contributed by atoms with Gasteiger partial charge in [0, 0.05) is 24.5 Å². The summed E-state index contributed by atoms with van der Waals surface area (Å²) in [6, 6.07) is 11.2. The Morgan fingerprint density at radius 3 is 2.68 bits per heavy atom. The molecule has 3 rings (SSSR count). The fraction of sp³-hybridized carbons (Fsp3) is 0.444. The summed E-state index contributed by atoms with van der Waals surface area (Å²) in [6.45, 7) is 6.59. The molecule has 1 aromatic carbocycles. The van der Waals surface area contributed by atoms with Crippen molar-refractivity contribution < 1.29 is 4.74 Å². The van der Waals surface area contributed by atoms with Gasteiger partial charge in [-0.15, -0.1) is 11.3 Å². The molecule has 4 heteroatoms. The highest BCUT2D eigenvalue weighted by atomic mass is 32.1. The Morgan fingerprint density at radius 2 is 2.00 bits per heavy atom. The largest absolute Gasteiger partial charge is 0.497 e. The van der Waals surface area contributed by atoms with E-state index in [1.165, 1.54) is 22.4 Å². The highest BCUT2D eigenvalue weighted by Gasteiger charge is 2.24. The van der Waals surface area contributed by atoms with Crippen molar-refractivity contribution >= 4 is 11.3 Å². The number of hydrogen-bond donors (Lipinski definition) is 1. The number of rotatable bonds is 4. The monoisotopic (exact) mass is 316 g/mol. The third-order valence-corrected chi connectivity index (χ3v) is 5.29. The Bertz CT molecular complexity index is 585. The summed E-state index contributed by atoms with van der Waals surface area (Å²) in [5, 5.41) is 5.75. The van der Waals surface area contributed by atoms with Gasteiger partial charge < -0.3 is 10.1 Å². The molecule has 1 fully saturated rings. The summed E-state index contributed by atoms with van der Waals surface area (Å²) in [7, 11) is 1.72. The fourth-order valence-electron chi connectivity index (χ4n) is 3.06. The first-order valence-electron chi connectivity index (χ1n) is 7.91. The Morgan fingerprint density at radius 1 is 1.18 bits per heavy atom. The van der Waals surface area contributed by atoms with E-state index in [9.17, 15) is 0 Å². The van der Waals surface area contributed by atoms with Crippen molar-refractivity contribution in [2.24, 2.45) is 0 Å². The molecule has 1 aromatic heterocycles. The van der Waals surface area contributed by atoms with Crippen LogP contribution in [0.2, 0.25) is 0 Å². The lowest BCUT2D eigenvalue weighted by molar-refractivity contribution is 0.244. The maximum Gasteiger partial charge on any atom is 0.118 e. The zero-order chi connectivity index (χ0) is 15.4.